The first kappa shape index (κ1) is 17.6. The first-order valence-electron chi connectivity index (χ1n) is 7.91. The van der Waals surface area contributed by atoms with Gasteiger partial charge in [0.05, 0.1) is 16.4 Å². The van der Waals surface area contributed by atoms with Crippen molar-refractivity contribution in [3.05, 3.63) is 64.8 Å². The molecule has 0 N–H and O–H groups in total. The molecule has 0 aliphatic carbocycles. The molecule has 2 heterocycles. The zero-order valence-electron chi connectivity index (χ0n) is 14.4. The molecule has 4 nitrogen and oxygen atoms in total. The molecule has 3 rings (SSSR count). The number of pyridine rings is 1. The predicted octanol–water partition coefficient (Wildman–Crippen LogP) is 5.13. The summed E-state index contributed by atoms with van der Waals surface area (Å²) in [4.78, 5) is 22.9. The van der Waals surface area contributed by atoms with Crippen LogP contribution in [-0.2, 0) is 10.5 Å². The molecule has 1 aromatic carbocycles. The molecule has 25 heavy (non-hydrogen) atoms. The number of thioether (sulfide) groups is 1. The second kappa shape index (κ2) is 7.80. The zero-order chi connectivity index (χ0) is 17.8. The van der Waals surface area contributed by atoms with Crippen LogP contribution in [0.5, 0.6) is 0 Å². The maximum absolute atomic E-state index is 12.3. The zero-order valence-corrected chi connectivity index (χ0v) is 16.0. The van der Waals surface area contributed by atoms with E-state index in [1.165, 1.54) is 11.3 Å². The van der Waals surface area contributed by atoms with Gasteiger partial charge in [0.25, 0.3) is 0 Å². The van der Waals surface area contributed by atoms with E-state index in [1.54, 1.807) is 29.8 Å². The fourth-order valence-corrected chi connectivity index (χ4v) is 4.17. The molecule has 0 unspecified atom stereocenters. The minimum Gasteiger partial charge on any atom is -0.274 e. The van der Waals surface area contributed by atoms with Crippen LogP contribution in [0, 0.1) is 13.8 Å². The van der Waals surface area contributed by atoms with Crippen molar-refractivity contribution < 1.29 is 4.79 Å². The summed E-state index contributed by atoms with van der Waals surface area (Å²) >= 11 is 3.13. The van der Waals surface area contributed by atoms with Gasteiger partial charge in [-0.15, -0.1) is 23.1 Å². The van der Waals surface area contributed by atoms with Crippen LogP contribution >= 0.6 is 23.1 Å². The van der Waals surface area contributed by atoms with Gasteiger partial charge in [-0.3, -0.25) is 9.69 Å². The highest BCUT2D eigenvalue weighted by atomic mass is 32.2. The highest BCUT2D eigenvalue weighted by molar-refractivity contribution is 7.98. The first-order valence-corrected chi connectivity index (χ1v) is 9.78. The number of nitrogens with zero attached hydrogens (tertiary/aromatic N) is 3. The standard InChI is InChI=1S/C19H19N3OS2/c1-13-7-6-8-17(14(13)2)22(15(3)23)19-21-16(12-25-19)11-24-18-9-4-5-10-20-18/h4-10,12H,11H2,1-3H3. The number of anilines is 2. The molecule has 2 aromatic heterocycles. The van der Waals surface area contributed by atoms with Crippen LogP contribution in [0.4, 0.5) is 10.8 Å². The van der Waals surface area contributed by atoms with Crippen LogP contribution in [0.3, 0.4) is 0 Å². The summed E-state index contributed by atoms with van der Waals surface area (Å²) < 4.78 is 0. The lowest BCUT2D eigenvalue weighted by Crippen LogP contribution is -2.23. The quantitative estimate of drug-likeness (QED) is 0.585. The molecule has 0 fully saturated rings. The van der Waals surface area contributed by atoms with Crippen molar-refractivity contribution in [2.75, 3.05) is 4.90 Å². The lowest BCUT2D eigenvalue weighted by Gasteiger charge is -2.21. The number of hydrogen-bond donors (Lipinski definition) is 0. The Balaban J connectivity index is 1.83. The number of aryl methyl sites for hydroxylation is 1. The molecule has 3 aromatic rings. The third-order valence-corrected chi connectivity index (χ3v) is 5.72. The molecule has 0 radical (unpaired) electrons. The van der Waals surface area contributed by atoms with Crippen molar-refractivity contribution in [3.8, 4) is 0 Å². The number of carbonyl (C=O) groups excluding carboxylic acids is 1. The summed E-state index contributed by atoms with van der Waals surface area (Å²) in [6.45, 7) is 5.66. The van der Waals surface area contributed by atoms with E-state index in [2.05, 4.69) is 9.97 Å². The second-order valence-electron chi connectivity index (χ2n) is 5.65. The Bertz CT molecular complexity index is 877. The van der Waals surface area contributed by atoms with E-state index in [1.807, 2.05) is 55.6 Å². The van der Waals surface area contributed by atoms with Crippen molar-refractivity contribution in [1.82, 2.24) is 9.97 Å². The number of thiazole rings is 1. The highest BCUT2D eigenvalue weighted by Gasteiger charge is 2.20. The van der Waals surface area contributed by atoms with E-state index in [4.69, 9.17) is 0 Å². The maximum atomic E-state index is 12.3. The topological polar surface area (TPSA) is 46.1 Å². The fourth-order valence-electron chi connectivity index (χ4n) is 2.43. The molecule has 0 atom stereocenters. The SMILES string of the molecule is CC(=O)N(c1nc(CSc2ccccn2)cs1)c1cccc(C)c1C. The van der Waals surface area contributed by atoms with Gasteiger partial charge < -0.3 is 0 Å². The highest BCUT2D eigenvalue weighted by Crippen LogP contribution is 2.33. The van der Waals surface area contributed by atoms with E-state index < -0.39 is 0 Å². The van der Waals surface area contributed by atoms with Gasteiger partial charge in [-0.2, -0.15) is 0 Å². The number of rotatable bonds is 5. The van der Waals surface area contributed by atoms with E-state index >= 15 is 0 Å². The molecule has 0 aliphatic heterocycles. The van der Waals surface area contributed by atoms with Crippen LogP contribution in [0.15, 0.2) is 53.0 Å². The second-order valence-corrected chi connectivity index (χ2v) is 7.48. The lowest BCUT2D eigenvalue weighted by molar-refractivity contribution is -0.115. The summed E-state index contributed by atoms with van der Waals surface area (Å²) in [6.07, 6.45) is 1.78. The summed E-state index contributed by atoms with van der Waals surface area (Å²) in [5.74, 6) is 0.693. The molecular weight excluding hydrogens is 350 g/mol. The van der Waals surface area contributed by atoms with Crippen LogP contribution in [0.2, 0.25) is 0 Å². The Hall–Kier alpha value is -2.18. The van der Waals surface area contributed by atoms with Gasteiger partial charge in [-0.05, 0) is 43.2 Å². The van der Waals surface area contributed by atoms with Gasteiger partial charge >= 0.3 is 0 Å². The van der Waals surface area contributed by atoms with Gasteiger partial charge in [0, 0.05) is 24.3 Å². The average molecular weight is 370 g/mol. The summed E-state index contributed by atoms with van der Waals surface area (Å²) in [6, 6.07) is 11.8. The van der Waals surface area contributed by atoms with Crippen LogP contribution < -0.4 is 4.90 Å². The summed E-state index contributed by atoms with van der Waals surface area (Å²) in [7, 11) is 0. The van der Waals surface area contributed by atoms with Gasteiger partial charge in [-0.25, -0.2) is 9.97 Å². The lowest BCUT2D eigenvalue weighted by atomic mass is 10.1. The van der Waals surface area contributed by atoms with Gasteiger partial charge in [0.1, 0.15) is 0 Å². The van der Waals surface area contributed by atoms with Crippen LogP contribution in [0.25, 0.3) is 0 Å². The van der Waals surface area contributed by atoms with Crippen LogP contribution in [-0.4, -0.2) is 15.9 Å². The van der Waals surface area contributed by atoms with Crippen molar-refractivity contribution in [2.45, 2.75) is 31.6 Å². The van der Waals surface area contributed by atoms with Crippen molar-refractivity contribution in [1.29, 1.82) is 0 Å². The van der Waals surface area contributed by atoms with E-state index in [9.17, 15) is 4.79 Å². The van der Waals surface area contributed by atoms with Crippen molar-refractivity contribution in [3.63, 3.8) is 0 Å². The molecule has 0 aliphatic rings. The summed E-state index contributed by atoms with van der Waals surface area (Å²) in [5.41, 5.74) is 4.10. The molecule has 0 spiro atoms. The minimum absolute atomic E-state index is 0.0352. The minimum atomic E-state index is -0.0352. The molecule has 6 heteroatoms. The third kappa shape index (κ3) is 4.08. The Kier molecular flexibility index (Phi) is 5.50. The molecule has 1 amide bonds. The van der Waals surface area contributed by atoms with E-state index in [0.717, 1.165) is 33.3 Å². The first-order chi connectivity index (χ1) is 12.1. The Morgan fingerprint density at radius 3 is 2.76 bits per heavy atom. The molecule has 0 saturated carbocycles. The Morgan fingerprint density at radius 1 is 1.20 bits per heavy atom. The number of aromatic nitrogens is 2. The Labute approximate surface area is 155 Å². The largest absolute Gasteiger partial charge is 0.274 e. The number of carbonyl (C=O) groups is 1. The molecule has 0 bridgehead atoms. The van der Waals surface area contributed by atoms with E-state index in [-0.39, 0.29) is 5.91 Å². The number of hydrogen-bond acceptors (Lipinski definition) is 5. The fraction of sp³-hybridized carbons (Fsp3) is 0.211. The third-order valence-electron chi connectivity index (χ3n) is 3.87. The predicted molar refractivity (Wildman–Crippen MR) is 105 cm³/mol. The van der Waals surface area contributed by atoms with Crippen molar-refractivity contribution >= 4 is 39.8 Å². The Morgan fingerprint density at radius 2 is 2.04 bits per heavy atom. The van der Waals surface area contributed by atoms with E-state index in [0.29, 0.717) is 5.13 Å². The normalized spacial score (nSPS) is 10.7. The van der Waals surface area contributed by atoms with Crippen LogP contribution in [0.1, 0.15) is 23.7 Å². The molecular formula is C19H19N3OS2. The smallest absolute Gasteiger partial charge is 0.230 e. The number of benzene rings is 1. The van der Waals surface area contributed by atoms with Gasteiger partial charge in [-0.1, -0.05) is 18.2 Å². The van der Waals surface area contributed by atoms with Gasteiger partial charge in [0.2, 0.25) is 5.91 Å². The maximum Gasteiger partial charge on any atom is 0.230 e. The van der Waals surface area contributed by atoms with Crippen molar-refractivity contribution in [2.24, 2.45) is 0 Å². The monoisotopic (exact) mass is 369 g/mol. The molecule has 128 valence electrons. The number of amides is 1. The molecule has 0 saturated heterocycles. The average Bonchev–Trinajstić information content (AvgIpc) is 3.06. The van der Waals surface area contributed by atoms with Gasteiger partial charge in [0.15, 0.2) is 5.13 Å². The summed E-state index contributed by atoms with van der Waals surface area (Å²) in [5, 5.41) is 3.68.